The largest absolute Gasteiger partial charge is 0.372 e. The lowest BCUT2D eigenvalue weighted by Crippen LogP contribution is -2.36. The Balaban J connectivity index is 1.85. The molecular weight excluding hydrogens is 188 g/mol. The molecule has 2 heterocycles. The topological polar surface area (TPSA) is 54.0 Å². The molecule has 0 aromatic carbocycles. The second-order valence-electron chi connectivity index (χ2n) is 3.30. The van der Waals surface area contributed by atoms with Crippen LogP contribution in [0.15, 0.2) is 4.99 Å². The van der Waals surface area contributed by atoms with Crippen LogP contribution in [-0.2, 0) is 9.53 Å². The number of rotatable bonds is 2. The summed E-state index contributed by atoms with van der Waals surface area (Å²) in [5.74, 6) is 0.966. The Labute approximate surface area is 81.1 Å². The molecule has 0 saturated carbocycles. The standard InChI is InChI=1S/C8H12N2O2S/c1-5-2-7(11)10-8(9-5)13-4-6-3-12-6/h5-6H,2-4H2,1H3,(H,9,10,11)/t5-,6-/m0/s1. The smallest absolute Gasteiger partial charge is 0.228 e. The van der Waals surface area contributed by atoms with Gasteiger partial charge in [-0.25, -0.2) is 0 Å². The molecule has 2 aliphatic heterocycles. The Morgan fingerprint density at radius 1 is 1.77 bits per heavy atom. The molecule has 0 bridgehead atoms. The second kappa shape index (κ2) is 3.67. The van der Waals surface area contributed by atoms with Gasteiger partial charge in [-0.2, -0.15) is 0 Å². The van der Waals surface area contributed by atoms with E-state index < -0.39 is 0 Å². The molecular formula is C8H12N2O2S. The number of thioether (sulfide) groups is 1. The zero-order valence-electron chi connectivity index (χ0n) is 7.45. The van der Waals surface area contributed by atoms with E-state index in [1.165, 1.54) is 0 Å². The molecule has 1 amide bonds. The van der Waals surface area contributed by atoms with E-state index in [4.69, 9.17) is 4.74 Å². The number of hydrogen-bond acceptors (Lipinski definition) is 4. The fourth-order valence-corrected chi connectivity index (χ4v) is 2.10. The van der Waals surface area contributed by atoms with Crippen molar-refractivity contribution in [1.82, 2.24) is 5.32 Å². The molecule has 1 saturated heterocycles. The van der Waals surface area contributed by atoms with Gasteiger partial charge in [0.1, 0.15) is 0 Å². The lowest BCUT2D eigenvalue weighted by Gasteiger charge is -2.16. The van der Waals surface area contributed by atoms with Crippen molar-refractivity contribution in [3.63, 3.8) is 0 Å². The highest BCUT2D eigenvalue weighted by Gasteiger charge is 2.25. The number of ether oxygens (including phenoxy) is 1. The zero-order chi connectivity index (χ0) is 9.26. The van der Waals surface area contributed by atoms with Crippen LogP contribution >= 0.6 is 11.8 Å². The van der Waals surface area contributed by atoms with Gasteiger partial charge in [0.05, 0.1) is 18.8 Å². The van der Waals surface area contributed by atoms with Crippen LogP contribution in [0.2, 0.25) is 0 Å². The fraction of sp³-hybridized carbons (Fsp3) is 0.750. The van der Waals surface area contributed by atoms with Gasteiger partial charge < -0.3 is 10.1 Å². The molecule has 0 unspecified atom stereocenters. The third kappa shape index (κ3) is 2.70. The average Bonchev–Trinajstić information content (AvgIpc) is 2.81. The van der Waals surface area contributed by atoms with Crippen molar-refractivity contribution in [2.75, 3.05) is 12.4 Å². The molecule has 13 heavy (non-hydrogen) atoms. The summed E-state index contributed by atoms with van der Waals surface area (Å²) in [6.45, 7) is 2.80. The van der Waals surface area contributed by atoms with Crippen molar-refractivity contribution < 1.29 is 9.53 Å². The van der Waals surface area contributed by atoms with E-state index in [0.29, 0.717) is 12.5 Å². The minimum absolute atomic E-state index is 0.0710. The summed E-state index contributed by atoms with van der Waals surface area (Å²) < 4.78 is 5.06. The van der Waals surface area contributed by atoms with Crippen LogP contribution in [0.3, 0.4) is 0 Å². The van der Waals surface area contributed by atoms with Crippen LogP contribution in [0.1, 0.15) is 13.3 Å². The van der Waals surface area contributed by atoms with Crippen LogP contribution in [0.25, 0.3) is 0 Å². The van der Waals surface area contributed by atoms with Crippen LogP contribution in [0.5, 0.6) is 0 Å². The van der Waals surface area contributed by atoms with E-state index in [-0.39, 0.29) is 11.9 Å². The average molecular weight is 200 g/mol. The van der Waals surface area contributed by atoms with E-state index in [1.54, 1.807) is 11.8 Å². The van der Waals surface area contributed by atoms with Crippen molar-refractivity contribution in [2.45, 2.75) is 25.5 Å². The Morgan fingerprint density at radius 3 is 3.15 bits per heavy atom. The first-order valence-corrected chi connectivity index (χ1v) is 5.34. The maximum atomic E-state index is 11.1. The van der Waals surface area contributed by atoms with Gasteiger partial charge >= 0.3 is 0 Å². The first-order valence-electron chi connectivity index (χ1n) is 4.36. The third-order valence-corrected chi connectivity index (χ3v) is 2.89. The van der Waals surface area contributed by atoms with Crippen LogP contribution in [0, 0.1) is 0 Å². The summed E-state index contributed by atoms with van der Waals surface area (Å²) in [4.78, 5) is 15.4. The Morgan fingerprint density at radius 2 is 2.54 bits per heavy atom. The number of amidine groups is 1. The lowest BCUT2D eigenvalue weighted by molar-refractivity contribution is -0.120. The molecule has 0 aromatic heterocycles. The summed E-state index contributed by atoms with van der Waals surface area (Å²) in [7, 11) is 0. The number of amides is 1. The highest BCUT2D eigenvalue weighted by Crippen LogP contribution is 2.18. The van der Waals surface area contributed by atoms with E-state index in [2.05, 4.69) is 10.3 Å². The SMILES string of the molecule is C[C@H]1CC(=O)NC(SC[C@@H]2CO2)=N1. The van der Waals surface area contributed by atoms with E-state index in [0.717, 1.165) is 17.5 Å². The van der Waals surface area contributed by atoms with E-state index in [9.17, 15) is 4.79 Å². The van der Waals surface area contributed by atoms with E-state index >= 15 is 0 Å². The van der Waals surface area contributed by atoms with Crippen molar-refractivity contribution >= 4 is 22.8 Å². The molecule has 0 aromatic rings. The number of hydrogen-bond donors (Lipinski definition) is 1. The third-order valence-electron chi connectivity index (χ3n) is 1.87. The molecule has 0 aliphatic carbocycles. The highest BCUT2D eigenvalue weighted by atomic mass is 32.2. The summed E-state index contributed by atoms with van der Waals surface area (Å²) >= 11 is 1.57. The molecule has 1 fully saturated rings. The molecule has 2 atom stereocenters. The Kier molecular flexibility index (Phi) is 2.55. The predicted octanol–water partition coefficient (Wildman–Crippen LogP) is 0.383. The molecule has 0 spiro atoms. The molecule has 72 valence electrons. The van der Waals surface area contributed by atoms with Gasteiger partial charge in [0.2, 0.25) is 5.91 Å². The summed E-state index contributed by atoms with van der Waals surface area (Å²) in [5.41, 5.74) is 0. The lowest BCUT2D eigenvalue weighted by atomic mass is 10.2. The van der Waals surface area contributed by atoms with Crippen molar-refractivity contribution in [2.24, 2.45) is 4.99 Å². The van der Waals surface area contributed by atoms with Gasteiger partial charge in [-0.15, -0.1) is 0 Å². The summed E-state index contributed by atoms with van der Waals surface area (Å²) in [5, 5.41) is 3.50. The number of carbonyl (C=O) groups excluding carboxylic acids is 1. The minimum atomic E-state index is 0.0710. The maximum Gasteiger partial charge on any atom is 0.228 e. The molecule has 2 rings (SSSR count). The van der Waals surface area contributed by atoms with Gasteiger partial charge in [0.15, 0.2) is 5.17 Å². The number of nitrogens with one attached hydrogen (secondary N) is 1. The molecule has 1 N–H and O–H groups in total. The Hall–Kier alpha value is -0.550. The van der Waals surface area contributed by atoms with Crippen LogP contribution in [0.4, 0.5) is 0 Å². The maximum absolute atomic E-state index is 11.1. The Bertz CT molecular complexity index is 251. The number of carbonyl (C=O) groups is 1. The van der Waals surface area contributed by atoms with Gasteiger partial charge in [-0.05, 0) is 6.92 Å². The highest BCUT2D eigenvalue weighted by molar-refractivity contribution is 8.13. The van der Waals surface area contributed by atoms with Crippen LogP contribution < -0.4 is 5.32 Å². The molecule has 0 radical (unpaired) electrons. The molecule has 4 nitrogen and oxygen atoms in total. The van der Waals surface area contributed by atoms with Gasteiger partial charge in [0, 0.05) is 12.2 Å². The monoisotopic (exact) mass is 200 g/mol. The van der Waals surface area contributed by atoms with Crippen molar-refractivity contribution in [3.05, 3.63) is 0 Å². The first kappa shape index (κ1) is 9.02. The van der Waals surface area contributed by atoms with Crippen LogP contribution in [-0.4, -0.2) is 35.6 Å². The van der Waals surface area contributed by atoms with Gasteiger partial charge in [0.25, 0.3) is 0 Å². The quantitative estimate of drug-likeness (QED) is 0.656. The first-order chi connectivity index (χ1) is 6.24. The predicted molar refractivity (Wildman–Crippen MR) is 51.9 cm³/mol. The second-order valence-corrected chi connectivity index (χ2v) is 4.31. The van der Waals surface area contributed by atoms with E-state index in [1.807, 2.05) is 6.92 Å². The molecule has 2 aliphatic rings. The normalized spacial score (nSPS) is 32.4. The number of nitrogens with zero attached hydrogens (tertiary/aromatic N) is 1. The summed E-state index contributed by atoms with van der Waals surface area (Å²) in [6.07, 6.45) is 0.881. The summed E-state index contributed by atoms with van der Waals surface area (Å²) in [6, 6.07) is 0.122. The zero-order valence-corrected chi connectivity index (χ0v) is 8.26. The van der Waals surface area contributed by atoms with Crippen molar-refractivity contribution in [3.8, 4) is 0 Å². The van der Waals surface area contributed by atoms with Crippen molar-refractivity contribution in [1.29, 1.82) is 0 Å². The van der Waals surface area contributed by atoms with Gasteiger partial charge in [-0.3, -0.25) is 9.79 Å². The van der Waals surface area contributed by atoms with Gasteiger partial charge in [-0.1, -0.05) is 11.8 Å². The number of aliphatic imine (C=N–C) groups is 1. The number of epoxide rings is 1. The minimum Gasteiger partial charge on any atom is -0.372 e. The molecule has 5 heteroatoms. The fourth-order valence-electron chi connectivity index (χ4n) is 1.13.